The van der Waals surface area contributed by atoms with Crippen molar-refractivity contribution in [1.82, 2.24) is 0 Å². The third kappa shape index (κ3) is 2.42. The highest BCUT2D eigenvalue weighted by Gasteiger charge is 2.01. The Morgan fingerprint density at radius 3 is 2.75 bits per heavy atom. The van der Waals surface area contributed by atoms with Gasteiger partial charge in [-0.05, 0) is 19.1 Å². The van der Waals surface area contributed by atoms with Crippen LogP contribution in [0.4, 0.5) is 10.1 Å². The lowest BCUT2D eigenvalue weighted by molar-refractivity contribution is 0.210. The number of nitrogen functional groups attached to an aromatic ring is 1. The monoisotopic (exact) mass is 169 g/mol. The second kappa shape index (κ2) is 3.95. The van der Waals surface area contributed by atoms with Gasteiger partial charge in [-0.25, -0.2) is 4.39 Å². The van der Waals surface area contributed by atoms with Crippen molar-refractivity contribution in [1.29, 1.82) is 0 Å². The van der Waals surface area contributed by atoms with Crippen LogP contribution in [0.15, 0.2) is 24.3 Å². The molecule has 0 saturated carbocycles. The third-order valence-electron chi connectivity index (χ3n) is 1.39. The highest BCUT2D eigenvalue weighted by atomic mass is 19.1. The minimum Gasteiger partial charge on any atom is -0.488 e. The molecule has 66 valence electrons. The van der Waals surface area contributed by atoms with Crippen LogP contribution in [-0.2, 0) is 0 Å². The summed E-state index contributed by atoms with van der Waals surface area (Å²) in [6.07, 6.45) is -0.968. The van der Waals surface area contributed by atoms with Gasteiger partial charge in [-0.3, -0.25) is 0 Å². The molecule has 0 unspecified atom stereocenters. The van der Waals surface area contributed by atoms with Gasteiger partial charge in [0.15, 0.2) is 0 Å². The number of anilines is 1. The van der Waals surface area contributed by atoms with Gasteiger partial charge in [0, 0.05) is 0 Å². The quantitative estimate of drug-likeness (QED) is 0.702. The summed E-state index contributed by atoms with van der Waals surface area (Å²) >= 11 is 0. The normalized spacial score (nSPS) is 12.5. The Morgan fingerprint density at radius 1 is 1.50 bits per heavy atom. The van der Waals surface area contributed by atoms with E-state index in [1.165, 1.54) is 6.92 Å². The van der Waals surface area contributed by atoms with Gasteiger partial charge in [0.25, 0.3) is 0 Å². The van der Waals surface area contributed by atoms with E-state index in [0.717, 1.165) is 0 Å². The minimum atomic E-state index is -0.968. The van der Waals surface area contributed by atoms with Crippen molar-refractivity contribution >= 4 is 5.69 Å². The lowest BCUT2D eigenvalue weighted by Crippen LogP contribution is -2.09. The molecule has 2 N–H and O–H groups in total. The van der Waals surface area contributed by atoms with E-state index in [2.05, 4.69) is 0 Å². The Bertz CT molecular complexity index is 250. The van der Waals surface area contributed by atoms with Crippen molar-refractivity contribution in [2.45, 2.75) is 13.1 Å². The highest BCUT2D eigenvalue weighted by Crippen LogP contribution is 2.19. The molecule has 0 heterocycles. The molecule has 3 heteroatoms. The van der Waals surface area contributed by atoms with E-state index in [9.17, 15) is 4.39 Å². The summed E-state index contributed by atoms with van der Waals surface area (Å²) in [7, 11) is 0. The molecular weight excluding hydrogens is 157 g/mol. The molecule has 0 aliphatic heterocycles. The number of hydrogen-bond donors (Lipinski definition) is 1. The van der Waals surface area contributed by atoms with Gasteiger partial charge in [0.1, 0.15) is 18.5 Å². The zero-order valence-electron chi connectivity index (χ0n) is 6.96. The number of halogens is 1. The van der Waals surface area contributed by atoms with E-state index in [0.29, 0.717) is 11.4 Å². The molecule has 0 bridgehead atoms. The summed E-state index contributed by atoms with van der Waals surface area (Å²) < 4.78 is 17.5. The lowest BCUT2D eigenvalue weighted by Gasteiger charge is -2.08. The largest absolute Gasteiger partial charge is 0.488 e. The summed E-state index contributed by atoms with van der Waals surface area (Å²) in [5.41, 5.74) is 6.10. The van der Waals surface area contributed by atoms with Crippen LogP contribution in [-0.4, -0.2) is 12.8 Å². The average molecular weight is 169 g/mol. The molecule has 1 atom stereocenters. The van der Waals surface area contributed by atoms with E-state index in [1.807, 2.05) is 0 Å². The van der Waals surface area contributed by atoms with Crippen molar-refractivity contribution < 1.29 is 9.13 Å². The van der Waals surface area contributed by atoms with Crippen LogP contribution in [0.1, 0.15) is 6.92 Å². The predicted octanol–water partition coefficient (Wildman–Crippen LogP) is 2.01. The number of rotatable bonds is 3. The summed E-state index contributed by atoms with van der Waals surface area (Å²) in [5.74, 6) is 0.544. The maximum atomic E-state index is 12.4. The number of ether oxygens (including phenoxy) is 1. The van der Waals surface area contributed by atoms with E-state index < -0.39 is 6.17 Å². The fraction of sp³-hybridized carbons (Fsp3) is 0.333. The van der Waals surface area contributed by atoms with Crippen LogP contribution in [0.5, 0.6) is 5.75 Å². The third-order valence-corrected chi connectivity index (χ3v) is 1.39. The maximum Gasteiger partial charge on any atom is 0.142 e. The number of nitrogens with two attached hydrogens (primary N) is 1. The molecule has 0 aliphatic rings. The molecule has 0 radical (unpaired) electrons. The van der Waals surface area contributed by atoms with Crippen molar-refractivity contribution in [3.8, 4) is 5.75 Å². The summed E-state index contributed by atoms with van der Waals surface area (Å²) in [6, 6.07) is 7.05. The Morgan fingerprint density at radius 2 is 2.17 bits per heavy atom. The molecule has 0 spiro atoms. The van der Waals surface area contributed by atoms with Crippen LogP contribution in [0.3, 0.4) is 0 Å². The lowest BCUT2D eigenvalue weighted by atomic mass is 10.3. The smallest absolute Gasteiger partial charge is 0.142 e. The predicted molar refractivity (Wildman–Crippen MR) is 46.9 cm³/mol. The van der Waals surface area contributed by atoms with E-state index in [4.69, 9.17) is 10.5 Å². The van der Waals surface area contributed by atoms with Gasteiger partial charge in [0.2, 0.25) is 0 Å². The van der Waals surface area contributed by atoms with E-state index in [-0.39, 0.29) is 6.61 Å². The zero-order chi connectivity index (χ0) is 8.97. The molecular formula is C9H12FNO. The molecule has 2 nitrogen and oxygen atoms in total. The van der Waals surface area contributed by atoms with Gasteiger partial charge in [-0.2, -0.15) is 0 Å². The van der Waals surface area contributed by atoms with Crippen molar-refractivity contribution in [2.75, 3.05) is 12.3 Å². The average Bonchev–Trinajstić information content (AvgIpc) is 2.03. The Balaban J connectivity index is 2.57. The topological polar surface area (TPSA) is 35.2 Å². The first-order chi connectivity index (χ1) is 5.70. The molecule has 0 saturated heterocycles. The summed E-state index contributed by atoms with van der Waals surface area (Å²) in [4.78, 5) is 0. The van der Waals surface area contributed by atoms with Crippen LogP contribution in [0.2, 0.25) is 0 Å². The van der Waals surface area contributed by atoms with Crippen LogP contribution >= 0.6 is 0 Å². The van der Waals surface area contributed by atoms with Crippen LogP contribution < -0.4 is 10.5 Å². The first-order valence-corrected chi connectivity index (χ1v) is 3.81. The molecule has 0 amide bonds. The number of benzene rings is 1. The first kappa shape index (κ1) is 8.84. The van der Waals surface area contributed by atoms with Crippen molar-refractivity contribution in [3.05, 3.63) is 24.3 Å². The number of para-hydroxylation sites is 2. The Labute approximate surface area is 71.1 Å². The second-order valence-corrected chi connectivity index (χ2v) is 2.63. The van der Waals surface area contributed by atoms with Crippen LogP contribution in [0.25, 0.3) is 0 Å². The maximum absolute atomic E-state index is 12.4. The van der Waals surface area contributed by atoms with Gasteiger partial charge in [0.05, 0.1) is 5.69 Å². The minimum absolute atomic E-state index is 0.0498. The first-order valence-electron chi connectivity index (χ1n) is 3.81. The van der Waals surface area contributed by atoms with Gasteiger partial charge in [-0.15, -0.1) is 0 Å². The zero-order valence-corrected chi connectivity index (χ0v) is 6.96. The summed E-state index contributed by atoms with van der Waals surface area (Å²) in [6.45, 7) is 1.49. The van der Waals surface area contributed by atoms with Crippen molar-refractivity contribution in [3.63, 3.8) is 0 Å². The Kier molecular flexibility index (Phi) is 2.91. The fourth-order valence-electron chi connectivity index (χ4n) is 0.817. The van der Waals surface area contributed by atoms with Crippen LogP contribution in [0, 0.1) is 0 Å². The van der Waals surface area contributed by atoms with Crippen molar-refractivity contribution in [2.24, 2.45) is 0 Å². The number of alkyl halides is 1. The van der Waals surface area contributed by atoms with E-state index >= 15 is 0 Å². The molecule has 1 aromatic rings. The molecule has 0 aromatic heterocycles. The molecule has 1 aromatic carbocycles. The fourth-order valence-corrected chi connectivity index (χ4v) is 0.817. The standard InChI is InChI=1S/C9H12FNO/c1-7(10)6-12-9-5-3-2-4-8(9)11/h2-5,7H,6,11H2,1H3/t7-/m1/s1. The van der Waals surface area contributed by atoms with Gasteiger partial charge >= 0.3 is 0 Å². The highest BCUT2D eigenvalue weighted by molar-refractivity contribution is 5.51. The summed E-state index contributed by atoms with van der Waals surface area (Å²) in [5, 5.41) is 0. The Hall–Kier alpha value is -1.25. The van der Waals surface area contributed by atoms with E-state index in [1.54, 1.807) is 24.3 Å². The SMILES string of the molecule is C[C@@H](F)COc1ccccc1N. The molecule has 12 heavy (non-hydrogen) atoms. The number of hydrogen-bond acceptors (Lipinski definition) is 2. The second-order valence-electron chi connectivity index (χ2n) is 2.63. The molecule has 0 aliphatic carbocycles. The van der Waals surface area contributed by atoms with Gasteiger partial charge < -0.3 is 10.5 Å². The molecule has 1 rings (SSSR count). The van der Waals surface area contributed by atoms with Gasteiger partial charge in [-0.1, -0.05) is 12.1 Å². The molecule has 0 fully saturated rings.